The van der Waals surface area contributed by atoms with E-state index < -0.39 is 33.4 Å². The maximum Gasteiger partial charge on any atom is 0.271 e. The van der Waals surface area contributed by atoms with Gasteiger partial charge in [-0.25, -0.2) is 0 Å². The molecule has 4 unspecified atom stereocenters. The predicted molar refractivity (Wildman–Crippen MR) is 205 cm³/mol. The largest absolute Gasteiger partial charge is 0.453 e. The van der Waals surface area contributed by atoms with E-state index in [1.807, 2.05) is 96.8 Å². The highest BCUT2D eigenvalue weighted by atomic mass is 35.5. The number of aryl methyl sites for hydroxylation is 1. The van der Waals surface area contributed by atoms with Crippen LogP contribution < -0.4 is 19.3 Å². The molecule has 0 bridgehead atoms. The van der Waals surface area contributed by atoms with Gasteiger partial charge in [-0.1, -0.05) is 49.4 Å². The third-order valence-corrected chi connectivity index (χ3v) is 11.4. The van der Waals surface area contributed by atoms with E-state index >= 15 is 0 Å². The molecular formula is C39H37ClN6O5S. The van der Waals surface area contributed by atoms with E-state index in [1.165, 1.54) is 4.42 Å². The molecule has 8 rings (SSSR count). The molecule has 4 aromatic carbocycles. The van der Waals surface area contributed by atoms with E-state index in [0.717, 1.165) is 12.0 Å². The number of benzene rings is 4. The highest BCUT2D eigenvalue weighted by molar-refractivity contribution is 7.86. The molecule has 0 aromatic heterocycles. The second-order valence-corrected chi connectivity index (χ2v) is 14.8. The Morgan fingerprint density at radius 2 is 1.31 bits per heavy atom. The average molecular weight is 737 g/mol. The zero-order valence-electron chi connectivity index (χ0n) is 28.5. The number of hydrogen-bond donors (Lipinski definition) is 1. The molecule has 0 saturated heterocycles. The molecule has 0 aliphatic carbocycles. The van der Waals surface area contributed by atoms with Gasteiger partial charge in [-0.05, 0) is 79.6 Å². The second-order valence-electron chi connectivity index (χ2n) is 12.8. The summed E-state index contributed by atoms with van der Waals surface area (Å²) in [6.45, 7) is 4.43. The number of fused-ring (bicyclic) bond motifs is 4. The number of allylic oxidation sites excluding steroid dienone is 2. The second kappa shape index (κ2) is 13.4. The van der Waals surface area contributed by atoms with Gasteiger partial charge in [0.1, 0.15) is 11.4 Å². The molecule has 0 spiro atoms. The Morgan fingerprint density at radius 1 is 0.769 bits per heavy atom. The van der Waals surface area contributed by atoms with Crippen molar-refractivity contribution in [3.63, 3.8) is 0 Å². The standard InChI is InChI=1S/C39H37ClN6O5S/c1-3-27-19-20-35-31(25-27)46(30-15-7-10-18-34(30)51-35)39(38-42-22-12-24-44(38)40,26-36(52(47,48)49)37-41-21-11-23-43(37)4-2)45-28-13-5-8-16-32(28)50-33-17-9-6-14-29(33)45/h5-25,36-38H,3-4,26H2,1-2H3,(H,47,48,49). The van der Waals surface area contributed by atoms with Crippen molar-refractivity contribution in [1.82, 2.24) is 9.32 Å². The van der Waals surface area contributed by atoms with Crippen molar-refractivity contribution in [2.75, 3.05) is 16.3 Å². The van der Waals surface area contributed by atoms with Crippen molar-refractivity contribution >= 4 is 57.1 Å². The zero-order valence-corrected chi connectivity index (χ0v) is 30.1. The Balaban J connectivity index is 1.53. The van der Waals surface area contributed by atoms with E-state index in [-0.39, 0.29) is 6.42 Å². The molecule has 4 aromatic rings. The Labute approximate surface area is 308 Å². The number of anilines is 4. The SMILES string of the molecule is CCc1ccc2c(c1)N(C(CC(C1N=CC=CN1CC)S(=O)(=O)O)(C1N=CC=CN1Cl)N1c3ccccc3Oc3ccccc31)c1ccccc1O2. The molecule has 0 saturated carbocycles. The van der Waals surface area contributed by atoms with Gasteiger partial charge in [-0.2, -0.15) is 8.42 Å². The molecule has 4 aliphatic heterocycles. The number of hydrogen-bond acceptors (Lipinski definition) is 10. The van der Waals surface area contributed by atoms with Crippen LogP contribution in [0.5, 0.6) is 23.0 Å². The lowest BCUT2D eigenvalue weighted by Crippen LogP contribution is -2.70. The van der Waals surface area contributed by atoms with Crippen molar-refractivity contribution in [2.24, 2.45) is 9.98 Å². The molecule has 1 N–H and O–H groups in total. The lowest BCUT2D eigenvalue weighted by Gasteiger charge is -2.58. The van der Waals surface area contributed by atoms with Crippen molar-refractivity contribution < 1.29 is 22.4 Å². The summed E-state index contributed by atoms with van der Waals surface area (Å²) in [5.41, 5.74) is 2.03. The maximum absolute atomic E-state index is 14.0. The van der Waals surface area contributed by atoms with E-state index in [4.69, 9.17) is 26.2 Å². The molecule has 11 nitrogen and oxygen atoms in total. The van der Waals surface area contributed by atoms with Crippen LogP contribution in [0.3, 0.4) is 0 Å². The fourth-order valence-electron chi connectivity index (χ4n) is 7.62. The van der Waals surface area contributed by atoms with Gasteiger partial charge in [0.05, 0.1) is 22.7 Å². The molecule has 4 atom stereocenters. The van der Waals surface area contributed by atoms with Gasteiger partial charge in [0.15, 0.2) is 34.8 Å². The highest BCUT2D eigenvalue weighted by Gasteiger charge is 2.60. The lowest BCUT2D eigenvalue weighted by atomic mass is 9.88. The zero-order chi connectivity index (χ0) is 36.0. The summed E-state index contributed by atoms with van der Waals surface area (Å²) in [6.07, 6.45) is 8.67. The van der Waals surface area contributed by atoms with Crippen molar-refractivity contribution in [2.45, 2.75) is 49.9 Å². The van der Waals surface area contributed by atoms with Gasteiger partial charge in [-0.15, -0.1) is 0 Å². The first kappa shape index (κ1) is 33.8. The molecule has 52 heavy (non-hydrogen) atoms. The van der Waals surface area contributed by atoms with E-state index in [9.17, 15) is 13.0 Å². The fraction of sp³-hybridized carbons (Fsp3) is 0.231. The monoisotopic (exact) mass is 736 g/mol. The van der Waals surface area contributed by atoms with Crippen LogP contribution in [0.15, 0.2) is 126 Å². The number of aliphatic imine (C=N–C) groups is 2. The Bertz CT molecular complexity index is 2200. The molecule has 0 radical (unpaired) electrons. The van der Waals surface area contributed by atoms with Gasteiger partial charge in [0.25, 0.3) is 10.1 Å². The van der Waals surface area contributed by atoms with Crippen LogP contribution in [-0.4, -0.2) is 64.5 Å². The summed E-state index contributed by atoms with van der Waals surface area (Å²) in [7, 11) is -4.83. The third-order valence-electron chi connectivity index (χ3n) is 9.92. The molecule has 13 heteroatoms. The first-order chi connectivity index (χ1) is 25.2. The average Bonchev–Trinajstić information content (AvgIpc) is 3.16. The van der Waals surface area contributed by atoms with Crippen LogP contribution in [0, 0.1) is 0 Å². The molecule has 0 amide bonds. The minimum absolute atomic E-state index is 0.260. The van der Waals surface area contributed by atoms with E-state index in [0.29, 0.717) is 52.3 Å². The molecule has 0 fully saturated rings. The fourth-order valence-corrected chi connectivity index (χ4v) is 8.88. The first-order valence-electron chi connectivity index (χ1n) is 17.2. The number of ether oxygens (including phenoxy) is 2. The van der Waals surface area contributed by atoms with Crippen LogP contribution in [0.4, 0.5) is 22.7 Å². The normalized spacial score (nSPS) is 20.2. The molecular weight excluding hydrogens is 700 g/mol. The van der Waals surface area contributed by atoms with Gasteiger partial charge >= 0.3 is 0 Å². The van der Waals surface area contributed by atoms with Crippen LogP contribution in [0.25, 0.3) is 0 Å². The van der Waals surface area contributed by atoms with Gasteiger partial charge < -0.3 is 24.2 Å². The summed E-state index contributed by atoms with van der Waals surface area (Å²) in [6, 6.07) is 28.8. The number of nitrogens with zero attached hydrogens (tertiary/aromatic N) is 6. The lowest BCUT2D eigenvalue weighted by molar-refractivity contribution is 0.195. The van der Waals surface area contributed by atoms with E-state index in [1.54, 1.807) is 37.0 Å². The third kappa shape index (κ3) is 5.58. The Morgan fingerprint density at radius 3 is 1.87 bits per heavy atom. The summed E-state index contributed by atoms with van der Waals surface area (Å²) < 4.78 is 54.0. The van der Waals surface area contributed by atoms with Crippen LogP contribution >= 0.6 is 11.8 Å². The van der Waals surface area contributed by atoms with Gasteiger partial charge in [0, 0.05) is 49.6 Å². The minimum Gasteiger partial charge on any atom is -0.453 e. The maximum atomic E-state index is 14.0. The Hall–Kier alpha value is -5.30. The minimum atomic E-state index is -4.83. The smallest absolute Gasteiger partial charge is 0.271 e. The number of para-hydroxylation sites is 6. The first-order valence-corrected chi connectivity index (χ1v) is 19.0. The number of rotatable bonds is 9. The molecule has 4 heterocycles. The van der Waals surface area contributed by atoms with Crippen molar-refractivity contribution in [3.05, 3.63) is 121 Å². The van der Waals surface area contributed by atoms with Gasteiger partial charge in [0.2, 0.25) is 0 Å². The van der Waals surface area contributed by atoms with E-state index in [2.05, 4.69) is 27.8 Å². The van der Waals surface area contributed by atoms with Crippen LogP contribution in [-0.2, 0) is 16.5 Å². The summed E-state index contributed by atoms with van der Waals surface area (Å²) >= 11 is 7.27. The summed E-state index contributed by atoms with van der Waals surface area (Å²) in [4.78, 5) is 15.7. The molecule has 266 valence electrons. The van der Waals surface area contributed by atoms with Crippen molar-refractivity contribution in [3.8, 4) is 23.0 Å². The number of halogens is 1. The topological polar surface area (TPSA) is 111 Å². The highest BCUT2D eigenvalue weighted by Crippen LogP contribution is 2.59. The quantitative estimate of drug-likeness (QED) is 0.134. The summed E-state index contributed by atoms with van der Waals surface area (Å²) in [5.74, 6) is 2.20. The van der Waals surface area contributed by atoms with Crippen LogP contribution in [0.2, 0.25) is 0 Å². The van der Waals surface area contributed by atoms with Crippen LogP contribution in [0.1, 0.15) is 25.8 Å². The van der Waals surface area contributed by atoms with Gasteiger partial charge in [-0.3, -0.25) is 19.0 Å². The predicted octanol–water partition coefficient (Wildman–Crippen LogP) is 8.41. The Kier molecular flexibility index (Phi) is 8.68. The summed E-state index contributed by atoms with van der Waals surface area (Å²) in [5, 5.41) is -1.49. The molecule has 4 aliphatic rings. The van der Waals surface area contributed by atoms with Crippen molar-refractivity contribution in [1.29, 1.82) is 0 Å².